The Hall–Kier alpha value is -1.55. The van der Waals surface area contributed by atoms with Gasteiger partial charge in [-0.1, -0.05) is 11.6 Å². The van der Waals surface area contributed by atoms with Crippen molar-refractivity contribution >= 4 is 17.5 Å². The van der Waals surface area contributed by atoms with E-state index in [1.54, 1.807) is 14.0 Å². The first-order valence-electron chi connectivity index (χ1n) is 6.41. The summed E-state index contributed by atoms with van der Waals surface area (Å²) in [4.78, 5) is 15.1. The molecular weight excluding hydrogens is 280 g/mol. The summed E-state index contributed by atoms with van der Waals surface area (Å²) in [5.41, 5.74) is 1.13. The van der Waals surface area contributed by atoms with Gasteiger partial charge in [-0.25, -0.2) is 0 Å². The third-order valence-electron chi connectivity index (χ3n) is 3.51. The van der Waals surface area contributed by atoms with E-state index in [1.807, 2.05) is 6.07 Å². The number of ether oxygens (including phenoxy) is 1. The number of nitrogens with one attached hydrogen (secondary N) is 3. The van der Waals surface area contributed by atoms with E-state index in [-0.39, 0.29) is 28.8 Å². The molecule has 0 aromatic carbocycles. The second-order valence-electron chi connectivity index (χ2n) is 4.77. The number of amides is 1. The molecule has 1 aliphatic heterocycles. The summed E-state index contributed by atoms with van der Waals surface area (Å²) < 4.78 is 5.35. The number of nitriles is 1. The molecular formula is C13H17ClN4O2. The highest BCUT2D eigenvalue weighted by molar-refractivity contribution is 6.35. The Morgan fingerprint density at radius 3 is 2.95 bits per heavy atom. The Balaban J connectivity index is 2.14. The largest absolute Gasteiger partial charge is 0.378 e. The summed E-state index contributed by atoms with van der Waals surface area (Å²) in [5.74, 6) is -0.312. The number of piperidine rings is 1. The number of nitrogens with zero attached hydrogens (tertiary/aromatic N) is 1. The molecule has 2 heterocycles. The third kappa shape index (κ3) is 2.80. The van der Waals surface area contributed by atoms with Gasteiger partial charge < -0.3 is 20.4 Å². The molecule has 0 radical (unpaired) electrons. The SMILES string of the molecule is CO[C@H]1CNCC[C@H]1NC(=O)c1[nH]c(C)c(C#N)c1Cl. The van der Waals surface area contributed by atoms with Crippen molar-refractivity contribution in [1.29, 1.82) is 5.26 Å². The van der Waals surface area contributed by atoms with Gasteiger partial charge in [-0.2, -0.15) is 5.26 Å². The van der Waals surface area contributed by atoms with E-state index < -0.39 is 0 Å². The van der Waals surface area contributed by atoms with E-state index in [9.17, 15) is 4.79 Å². The minimum atomic E-state index is -0.312. The minimum Gasteiger partial charge on any atom is -0.378 e. The van der Waals surface area contributed by atoms with Crippen LogP contribution in [0.25, 0.3) is 0 Å². The summed E-state index contributed by atoms with van der Waals surface area (Å²) in [6.07, 6.45) is 0.713. The maximum Gasteiger partial charge on any atom is 0.269 e. The number of hydrogen-bond donors (Lipinski definition) is 3. The molecule has 1 saturated heterocycles. The molecule has 20 heavy (non-hydrogen) atoms. The van der Waals surface area contributed by atoms with E-state index in [2.05, 4.69) is 15.6 Å². The number of H-pyrrole nitrogens is 1. The number of methoxy groups -OCH3 is 1. The van der Waals surface area contributed by atoms with Crippen molar-refractivity contribution < 1.29 is 9.53 Å². The van der Waals surface area contributed by atoms with Crippen LogP contribution in [-0.2, 0) is 4.74 Å². The topological polar surface area (TPSA) is 89.9 Å². The number of hydrogen-bond acceptors (Lipinski definition) is 4. The van der Waals surface area contributed by atoms with Crippen LogP contribution in [0.4, 0.5) is 0 Å². The van der Waals surface area contributed by atoms with Crippen LogP contribution >= 0.6 is 11.6 Å². The van der Waals surface area contributed by atoms with Gasteiger partial charge in [0.2, 0.25) is 0 Å². The van der Waals surface area contributed by atoms with Crippen molar-refractivity contribution in [2.75, 3.05) is 20.2 Å². The average molecular weight is 297 g/mol. The molecule has 1 aliphatic rings. The smallest absolute Gasteiger partial charge is 0.269 e. The molecule has 0 saturated carbocycles. The summed E-state index contributed by atoms with van der Waals surface area (Å²) >= 11 is 6.05. The minimum absolute atomic E-state index is 0.0704. The molecule has 1 aromatic heterocycles. The first-order chi connectivity index (χ1) is 9.58. The van der Waals surface area contributed by atoms with Crippen LogP contribution in [-0.4, -0.2) is 43.2 Å². The van der Waals surface area contributed by atoms with Crippen molar-refractivity contribution in [2.24, 2.45) is 0 Å². The van der Waals surface area contributed by atoms with Crippen LogP contribution in [0.2, 0.25) is 5.02 Å². The number of aromatic nitrogens is 1. The fraction of sp³-hybridized carbons (Fsp3) is 0.538. The lowest BCUT2D eigenvalue weighted by molar-refractivity contribution is 0.0475. The fourth-order valence-electron chi connectivity index (χ4n) is 2.37. The summed E-state index contributed by atoms with van der Waals surface area (Å²) in [5, 5.41) is 15.3. The maximum atomic E-state index is 12.3. The molecule has 0 unspecified atom stereocenters. The van der Waals surface area contributed by atoms with Crippen molar-refractivity contribution in [3.05, 3.63) is 22.0 Å². The summed E-state index contributed by atoms with van der Waals surface area (Å²) in [6.45, 7) is 3.23. The van der Waals surface area contributed by atoms with Crippen LogP contribution in [0.15, 0.2) is 0 Å². The molecule has 1 amide bonds. The Morgan fingerprint density at radius 1 is 1.60 bits per heavy atom. The number of rotatable bonds is 3. The zero-order valence-electron chi connectivity index (χ0n) is 11.4. The predicted octanol–water partition coefficient (Wildman–Crippen LogP) is 0.955. The number of aryl methyl sites for hydroxylation is 1. The first-order valence-corrected chi connectivity index (χ1v) is 6.78. The highest BCUT2D eigenvalue weighted by Crippen LogP contribution is 2.23. The van der Waals surface area contributed by atoms with Gasteiger partial charge in [0.25, 0.3) is 5.91 Å². The zero-order chi connectivity index (χ0) is 14.7. The second-order valence-corrected chi connectivity index (χ2v) is 5.15. The number of halogens is 1. The van der Waals surface area contributed by atoms with Crippen LogP contribution in [0.1, 0.15) is 28.2 Å². The standard InChI is InChI=1S/C13H17ClN4O2/c1-7-8(5-15)11(14)12(17-7)13(19)18-9-3-4-16-6-10(9)20-2/h9-10,16-17H,3-4,6H2,1-2H3,(H,18,19)/t9-,10+/m1/s1. The average Bonchev–Trinajstić information content (AvgIpc) is 2.74. The molecule has 0 aliphatic carbocycles. The first kappa shape index (κ1) is 14.9. The summed E-state index contributed by atoms with van der Waals surface area (Å²) in [6, 6.07) is 1.91. The van der Waals surface area contributed by atoms with Crippen molar-refractivity contribution in [2.45, 2.75) is 25.5 Å². The van der Waals surface area contributed by atoms with E-state index >= 15 is 0 Å². The van der Waals surface area contributed by atoms with E-state index in [0.717, 1.165) is 13.0 Å². The quantitative estimate of drug-likeness (QED) is 0.775. The molecule has 108 valence electrons. The number of aromatic amines is 1. The van der Waals surface area contributed by atoms with Gasteiger partial charge in [0.1, 0.15) is 11.8 Å². The monoisotopic (exact) mass is 296 g/mol. The van der Waals surface area contributed by atoms with Crippen molar-refractivity contribution in [3.63, 3.8) is 0 Å². The predicted molar refractivity (Wildman–Crippen MR) is 74.8 cm³/mol. The zero-order valence-corrected chi connectivity index (χ0v) is 12.2. The molecule has 6 nitrogen and oxygen atoms in total. The van der Waals surface area contributed by atoms with Gasteiger partial charge in [0.15, 0.2) is 0 Å². The highest BCUT2D eigenvalue weighted by atomic mass is 35.5. The normalized spacial score (nSPS) is 22.3. The lowest BCUT2D eigenvalue weighted by Crippen LogP contribution is -2.53. The van der Waals surface area contributed by atoms with E-state index in [4.69, 9.17) is 21.6 Å². The van der Waals surface area contributed by atoms with Gasteiger partial charge >= 0.3 is 0 Å². The van der Waals surface area contributed by atoms with Crippen LogP contribution in [0, 0.1) is 18.3 Å². The molecule has 3 N–H and O–H groups in total. The molecule has 2 rings (SSSR count). The molecule has 0 spiro atoms. The molecule has 0 bridgehead atoms. The summed E-state index contributed by atoms with van der Waals surface area (Å²) in [7, 11) is 1.62. The Morgan fingerprint density at radius 2 is 2.35 bits per heavy atom. The Kier molecular flexibility index (Phi) is 4.65. The van der Waals surface area contributed by atoms with Crippen molar-refractivity contribution in [1.82, 2.24) is 15.6 Å². The second kappa shape index (κ2) is 6.27. The Labute approximate surface area is 122 Å². The number of carbonyl (C=O) groups is 1. The van der Waals surface area contributed by atoms with Gasteiger partial charge in [0, 0.05) is 19.3 Å². The van der Waals surface area contributed by atoms with Gasteiger partial charge in [0.05, 0.1) is 22.7 Å². The maximum absolute atomic E-state index is 12.3. The van der Waals surface area contributed by atoms with E-state index in [1.165, 1.54) is 0 Å². The van der Waals surface area contributed by atoms with Gasteiger partial charge in [-0.3, -0.25) is 4.79 Å². The highest BCUT2D eigenvalue weighted by Gasteiger charge is 2.28. The molecule has 1 aromatic rings. The van der Waals surface area contributed by atoms with Gasteiger partial charge in [-0.05, 0) is 19.9 Å². The van der Waals surface area contributed by atoms with E-state index in [0.29, 0.717) is 17.8 Å². The Bertz CT molecular complexity index is 549. The number of carbonyl (C=O) groups excluding carboxylic acids is 1. The van der Waals surface area contributed by atoms with Gasteiger partial charge in [-0.15, -0.1) is 0 Å². The molecule has 1 fully saturated rings. The lowest BCUT2D eigenvalue weighted by atomic mass is 10.0. The van der Waals surface area contributed by atoms with Crippen molar-refractivity contribution in [3.8, 4) is 6.07 Å². The molecule has 7 heteroatoms. The van der Waals surface area contributed by atoms with Crippen LogP contribution < -0.4 is 10.6 Å². The van der Waals surface area contributed by atoms with Crippen LogP contribution in [0.3, 0.4) is 0 Å². The molecule has 2 atom stereocenters. The fourth-order valence-corrected chi connectivity index (χ4v) is 2.68. The van der Waals surface area contributed by atoms with Crippen LogP contribution in [0.5, 0.6) is 0 Å². The third-order valence-corrected chi connectivity index (χ3v) is 3.89. The lowest BCUT2D eigenvalue weighted by Gasteiger charge is -2.31.